The summed E-state index contributed by atoms with van der Waals surface area (Å²) in [5, 5.41) is 0. The van der Waals surface area contributed by atoms with Crippen LogP contribution in [0.25, 0.3) is 0 Å². The number of carbonyl (C=O) groups excluding carboxylic acids is 1. The van der Waals surface area contributed by atoms with E-state index in [0.717, 1.165) is 19.5 Å². The summed E-state index contributed by atoms with van der Waals surface area (Å²) in [4.78, 5) is 13.8. The second-order valence-corrected chi connectivity index (χ2v) is 6.26. The van der Waals surface area contributed by atoms with E-state index in [1.54, 1.807) is 0 Å². The molecule has 2 unspecified atom stereocenters. The zero-order valence-electron chi connectivity index (χ0n) is 12.2. The van der Waals surface area contributed by atoms with Crippen molar-refractivity contribution >= 4 is 6.09 Å². The lowest BCUT2D eigenvalue weighted by molar-refractivity contribution is 0.0103. The number of hydrogen-bond acceptors (Lipinski definition) is 3. The van der Waals surface area contributed by atoms with E-state index in [9.17, 15) is 4.79 Å². The number of hydrogen-bond donors (Lipinski definition) is 1. The van der Waals surface area contributed by atoms with Gasteiger partial charge >= 0.3 is 6.09 Å². The molecular formula is C14H28N2O2. The summed E-state index contributed by atoms with van der Waals surface area (Å²) in [5.74, 6) is 1.09. The van der Waals surface area contributed by atoms with Crippen LogP contribution in [-0.4, -0.2) is 36.2 Å². The number of nitrogens with zero attached hydrogens (tertiary/aromatic N) is 1. The maximum atomic E-state index is 12.0. The number of ether oxygens (including phenoxy) is 1. The molecule has 1 aliphatic heterocycles. The van der Waals surface area contributed by atoms with Crippen molar-refractivity contribution in [3.05, 3.63) is 0 Å². The first-order valence-corrected chi connectivity index (χ1v) is 7.05. The van der Waals surface area contributed by atoms with Crippen molar-refractivity contribution in [1.82, 2.24) is 4.90 Å². The minimum absolute atomic E-state index is 0.198. The molecule has 4 heteroatoms. The second kappa shape index (κ2) is 6.41. The predicted octanol–water partition coefficient (Wildman–Crippen LogP) is 2.62. The van der Waals surface area contributed by atoms with Crippen LogP contribution in [0.1, 0.15) is 47.0 Å². The number of likely N-dealkylation sites (tertiary alicyclic amines) is 1. The molecule has 0 aromatic carbocycles. The van der Waals surface area contributed by atoms with Gasteiger partial charge in [0.2, 0.25) is 0 Å². The van der Waals surface area contributed by atoms with Gasteiger partial charge in [-0.1, -0.05) is 19.8 Å². The van der Waals surface area contributed by atoms with E-state index in [0.29, 0.717) is 18.4 Å². The van der Waals surface area contributed by atoms with Crippen molar-refractivity contribution in [3.8, 4) is 0 Å². The Labute approximate surface area is 111 Å². The van der Waals surface area contributed by atoms with E-state index in [1.807, 2.05) is 25.7 Å². The first kappa shape index (κ1) is 15.3. The third-order valence-electron chi connectivity index (χ3n) is 3.51. The summed E-state index contributed by atoms with van der Waals surface area (Å²) in [7, 11) is 0. The molecule has 0 saturated carbocycles. The molecule has 0 aliphatic carbocycles. The minimum atomic E-state index is -0.421. The second-order valence-electron chi connectivity index (χ2n) is 6.26. The van der Waals surface area contributed by atoms with Crippen LogP contribution in [0.2, 0.25) is 0 Å². The van der Waals surface area contributed by atoms with Crippen LogP contribution in [0.5, 0.6) is 0 Å². The summed E-state index contributed by atoms with van der Waals surface area (Å²) in [6.45, 7) is 10.1. The van der Waals surface area contributed by atoms with Crippen LogP contribution < -0.4 is 5.73 Å². The van der Waals surface area contributed by atoms with Gasteiger partial charge in [0.25, 0.3) is 0 Å². The van der Waals surface area contributed by atoms with Crippen LogP contribution in [0, 0.1) is 11.8 Å². The monoisotopic (exact) mass is 256 g/mol. The number of nitrogens with two attached hydrogens (primary N) is 1. The first-order chi connectivity index (χ1) is 8.37. The number of piperidine rings is 1. The summed E-state index contributed by atoms with van der Waals surface area (Å²) < 4.78 is 5.41. The molecule has 0 radical (unpaired) electrons. The van der Waals surface area contributed by atoms with Crippen LogP contribution in [-0.2, 0) is 4.74 Å². The summed E-state index contributed by atoms with van der Waals surface area (Å²) >= 11 is 0. The average Bonchev–Trinajstić information content (AvgIpc) is 2.27. The Balaban J connectivity index is 2.54. The van der Waals surface area contributed by atoms with Gasteiger partial charge in [-0.15, -0.1) is 0 Å². The van der Waals surface area contributed by atoms with Gasteiger partial charge in [0, 0.05) is 13.1 Å². The molecular weight excluding hydrogens is 228 g/mol. The molecule has 0 aromatic rings. The molecule has 18 heavy (non-hydrogen) atoms. The Morgan fingerprint density at radius 3 is 2.56 bits per heavy atom. The summed E-state index contributed by atoms with van der Waals surface area (Å²) in [6, 6.07) is 0. The maximum absolute atomic E-state index is 12.0. The molecule has 0 aromatic heterocycles. The Kier molecular flexibility index (Phi) is 5.45. The van der Waals surface area contributed by atoms with Gasteiger partial charge in [0.1, 0.15) is 5.60 Å². The fraction of sp³-hybridized carbons (Fsp3) is 0.929. The zero-order chi connectivity index (χ0) is 13.8. The maximum Gasteiger partial charge on any atom is 0.410 e. The highest BCUT2D eigenvalue weighted by Crippen LogP contribution is 2.27. The largest absolute Gasteiger partial charge is 0.444 e. The number of carbonyl (C=O) groups is 1. The van der Waals surface area contributed by atoms with Crippen LogP contribution in [0.3, 0.4) is 0 Å². The van der Waals surface area contributed by atoms with Crippen molar-refractivity contribution < 1.29 is 9.53 Å². The Morgan fingerprint density at radius 1 is 1.39 bits per heavy atom. The lowest BCUT2D eigenvalue weighted by Gasteiger charge is -2.38. The van der Waals surface area contributed by atoms with E-state index < -0.39 is 5.60 Å². The summed E-state index contributed by atoms with van der Waals surface area (Å²) in [6.07, 6.45) is 3.25. The molecule has 0 bridgehead atoms. The fourth-order valence-corrected chi connectivity index (χ4v) is 2.59. The molecule has 1 aliphatic rings. The van der Waals surface area contributed by atoms with Gasteiger partial charge in [-0.3, -0.25) is 0 Å². The SMILES string of the molecule is CCCC1CCN(C(=O)OC(C)(C)C)CC1CN. The van der Waals surface area contributed by atoms with Crippen LogP contribution in [0.15, 0.2) is 0 Å². The van der Waals surface area contributed by atoms with Gasteiger partial charge in [0.05, 0.1) is 0 Å². The zero-order valence-corrected chi connectivity index (χ0v) is 12.2. The lowest BCUT2D eigenvalue weighted by atomic mass is 9.82. The smallest absolute Gasteiger partial charge is 0.410 e. The van der Waals surface area contributed by atoms with E-state index >= 15 is 0 Å². The normalized spacial score (nSPS) is 25.1. The van der Waals surface area contributed by atoms with Gasteiger partial charge in [-0.25, -0.2) is 4.79 Å². The topological polar surface area (TPSA) is 55.6 Å². The molecule has 1 rings (SSSR count). The van der Waals surface area contributed by atoms with Gasteiger partial charge in [0.15, 0.2) is 0 Å². The van der Waals surface area contributed by atoms with E-state index in [-0.39, 0.29) is 6.09 Å². The van der Waals surface area contributed by atoms with Gasteiger partial charge < -0.3 is 15.4 Å². The molecule has 0 spiro atoms. The molecule has 2 atom stereocenters. The average molecular weight is 256 g/mol. The molecule has 1 amide bonds. The predicted molar refractivity (Wildman–Crippen MR) is 73.4 cm³/mol. The van der Waals surface area contributed by atoms with E-state index in [4.69, 9.17) is 10.5 Å². The van der Waals surface area contributed by atoms with Crippen molar-refractivity contribution in [2.24, 2.45) is 17.6 Å². The number of amides is 1. The molecule has 1 heterocycles. The highest BCUT2D eigenvalue weighted by Gasteiger charge is 2.32. The fourth-order valence-electron chi connectivity index (χ4n) is 2.59. The van der Waals surface area contributed by atoms with Crippen LogP contribution in [0.4, 0.5) is 4.79 Å². The van der Waals surface area contributed by atoms with E-state index in [1.165, 1.54) is 12.8 Å². The molecule has 2 N–H and O–H groups in total. The molecule has 1 saturated heterocycles. The third-order valence-corrected chi connectivity index (χ3v) is 3.51. The molecule has 106 valence electrons. The minimum Gasteiger partial charge on any atom is -0.444 e. The Hall–Kier alpha value is -0.770. The standard InChI is InChI=1S/C14H28N2O2/c1-5-6-11-7-8-16(10-12(11)9-15)13(17)18-14(2,3)4/h11-12H,5-10,15H2,1-4H3. The summed E-state index contributed by atoms with van der Waals surface area (Å²) in [5.41, 5.74) is 5.41. The number of rotatable bonds is 3. The van der Waals surface area contributed by atoms with Crippen molar-refractivity contribution in [2.75, 3.05) is 19.6 Å². The van der Waals surface area contributed by atoms with Crippen LogP contribution >= 0.6 is 0 Å². The van der Waals surface area contributed by atoms with Crippen molar-refractivity contribution in [1.29, 1.82) is 0 Å². The lowest BCUT2D eigenvalue weighted by Crippen LogP contribution is -2.47. The van der Waals surface area contributed by atoms with Gasteiger partial charge in [-0.2, -0.15) is 0 Å². The van der Waals surface area contributed by atoms with Crippen molar-refractivity contribution in [3.63, 3.8) is 0 Å². The Morgan fingerprint density at radius 2 is 2.06 bits per heavy atom. The first-order valence-electron chi connectivity index (χ1n) is 7.05. The Bertz CT molecular complexity index is 273. The molecule has 1 fully saturated rings. The van der Waals surface area contributed by atoms with Crippen molar-refractivity contribution in [2.45, 2.75) is 52.6 Å². The highest BCUT2D eigenvalue weighted by atomic mass is 16.6. The molecule has 4 nitrogen and oxygen atoms in total. The quantitative estimate of drug-likeness (QED) is 0.844. The van der Waals surface area contributed by atoms with Gasteiger partial charge in [-0.05, 0) is 45.6 Å². The highest BCUT2D eigenvalue weighted by molar-refractivity contribution is 5.68. The third kappa shape index (κ3) is 4.48. The van der Waals surface area contributed by atoms with E-state index in [2.05, 4.69) is 6.92 Å².